The molecule has 7 heteroatoms. The van der Waals surface area contributed by atoms with E-state index in [9.17, 15) is 9.59 Å². The molecule has 6 nitrogen and oxygen atoms in total. The number of rotatable bonds is 8. The molecule has 1 aliphatic rings. The van der Waals surface area contributed by atoms with E-state index in [4.69, 9.17) is 5.73 Å². The summed E-state index contributed by atoms with van der Waals surface area (Å²) in [5, 5.41) is 2.85. The van der Waals surface area contributed by atoms with Crippen molar-refractivity contribution in [1.82, 2.24) is 10.3 Å². The first-order chi connectivity index (χ1) is 10.6. The molecule has 1 aromatic rings. The lowest BCUT2D eigenvalue weighted by Crippen LogP contribution is -2.24. The molecule has 0 aromatic carbocycles. The zero-order valence-corrected chi connectivity index (χ0v) is 13.4. The number of carbonyl (C=O) groups is 2. The van der Waals surface area contributed by atoms with Crippen molar-refractivity contribution in [3.05, 3.63) is 23.9 Å². The van der Waals surface area contributed by atoms with E-state index < -0.39 is 0 Å². The third-order valence-electron chi connectivity index (χ3n) is 3.45. The fourth-order valence-corrected chi connectivity index (χ4v) is 2.96. The van der Waals surface area contributed by atoms with Crippen LogP contribution in [0.4, 0.5) is 5.82 Å². The van der Waals surface area contributed by atoms with Crippen LogP contribution in [0, 0.1) is 0 Å². The normalized spacial score (nSPS) is 14.1. The number of thioether (sulfide) groups is 1. The van der Waals surface area contributed by atoms with E-state index in [2.05, 4.69) is 15.2 Å². The van der Waals surface area contributed by atoms with Gasteiger partial charge in [-0.05, 0) is 24.5 Å². The molecule has 1 fully saturated rings. The summed E-state index contributed by atoms with van der Waals surface area (Å²) in [6.07, 6.45) is 4.66. The van der Waals surface area contributed by atoms with Crippen LogP contribution in [-0.2, 0) is 16.1 Å². The van der Waals surface area contributed by atoms with Gasteiger partial charge in [0, 0.05) is 38.0 Å². The minimum absolute atomic E-state index is 0.0272. The number of carbonyl (C=O) groups excluding carboxylic acids is 2. The van der Waals surface area contributed by atoms with Gasteiger partial charge in [-0.25, -0.2) is 4.98 Å². The van der Waals surface area contributed by atoms with Gasteiger partial charge < -0.3 is 16.0 Å². The maximum Gasteiger partial charge on any atom is 0.227 e. The molecule has 1 aromatic heterocycles. The topological polar surface area (TPSA) is 88.3 Å². The number of nitrogens with one attached hydrogen (secondary N) is 1. The maximum absolute atomic E-state index is 11.7. The Hall–Kier alpha value is -1.76. The molecule has 0 saturated carbocycles. The van der Waals surface area contributed by atoms with Crippen molar-refractivity contribution in [3.8, 4) is 0 Å². The van der Waals surface area contributed by atoms with Gasteiger partial charge in [0.05, 0.1) is 5.75 Å². The number of anilines is 1. The Bertz CT molecular complexity index is 501. The van der Waals surface area contributed by atoms with Gasteiger partial charge in [0.25, 0.3) is 0 Å². The highest BCUT2D eigenvalue weighted by Gasteiger charge is 2.13. The van der Waals surface area contributed by atoms with Gasteiger partial charge in [-0.3, -0.25) is 9.59 Å². The Labute approximate surface area is 134 Å². The molecule has 2 rings (SSSR count). The van der Waals surface area contributed by atoms with Crippen LogP contribution in [0.15, 0.2) is 18.3 Å². The summed E-state index contributed by atoms with van der Waals surface area (Å²) in [5.74, 6) is 1.49. The lowest BCUT2D eigenvalue weighted by atomic mass is 10.2. The van der Waals surface area contributed by atoms with E-state index in [-0.39, 0.29) is 17.6 Å². The molecule has 2 amide bonds. The van der Waals surface area contributed by atoms with Crippen molar-refractivity contribution in [1.29, 1.82) is 0 Å². The van der Waals surface area contributed by atoms with Crippen LogP contribution >= 0.6 is 11.8 Å². The fourth-order valence-electron chi connectivity index (χ4n) is 2.28. The van der Waals surface area contributed by atoms with Crippen LogP contribution in [-0.4, -0.2) is 41.4 Å². The average molecular weight is 322 g/mol. The van der Waals surface area contributed by atoms with Crippen LogP contribution in [0.3, 0.4) is 0 Å². The van der Waals surface area contributed by atoms with E-state index >= 15 is 0 Å². The number of amides is 2. The molecule has 0 aliphatic carbocycles. The predicted octanol–water partition coefficient (Wildman–Crippen LogP) is 0.907. The quantitative estimate of drug-likeness (QED) is 0.695. The summed E-state index contributed by atoms with van der Waals surface area (Å²) in [7, 11) is 0. The van der Waals surface area contributed by atoms with Crippen molar-refractivity contribution < 1.29 is 9.59 Å². The Kier molecular flexibility index (Phi) is 6.51. The first-order valence-electron chi connectivity index (χ1n) is 7.48. The summed E-state index contributed by atoms with van der Waals surface area (Å²) >= 11 is 1.37. The summed E-state index contributed by atoms with van der Waals surface area (Å²) in [6, 6.07) is 4.01. The number of hydrogen-bond donors (Lipinski definition) is 2. The lowest BCUT2D eigenvalue weighted by Gasteiger charge is -2.16. The van der Waals surface area contributed by atoms with Crippen molar-refractivity contribution in [2.45, 2.75) is 25.8 Å². The van der Waals surface area contributed by atoms with Gasteiger partial charge in [-0.15, -0.1) is 0 Å². The molecule has 0 spiro atoms. The standard InChI is InChI=1S/C15H22N4O2S/c16-13(20)11-22-8-5-15(21)18-10-12-3-4-14(17-9-12)19-6-1-2-7-19/h3-4,9H,1-2,5-8,10-11H2,(H2,16,20)(H,18,21). The number of hydrogen-bond acceptors (Lipinski definition) is 5. The SMILES string of the molecule is NC(=O)CSCCC(=O)NCc1ccc(N2CCCC2)nc1. The Morgan fingerprint density at radius 1 is 1.32 bits per heavy atom. The van der Waals surface area contributed by atoms with Crippen LogP contribution in [0.2, 0.25) is 0 Å². The van der Waals surface area contributed by atoms with Gasteiger partial charge in [0.1, 0.15) is 5.82 Å². The average Bonchev–Trinajstić information content (AvgIpc) is 3.04. The van der Waals surface area contributed by atoms with Crippen molar-refractivity contribution in [2.75, 3.05) is 29.5 Å². The number of nitrogens with zero attached hydrogens (tertiary/aromatic N) is 2. The van der Waals surface area contributed by atoms with E-state index in [0.29, 0.717) is 18.7 Å². The lowest BCUT2D eigenvalue weighted by molar-refractivity contribution is -0.121. The summed E-state index contributed by atoms with van der Waals surface area (Å²) < 4.78 is 0. The molecular weight excluding hydrogens is 300 g/mol. The van der Waals surface area contributed by atoms with Gasteiger partial charge in [0.15, 0.2) is 0 Å². The van der Waals surface area contributed by atoms with Crippen LogP contribution < -0.4 is 16.0 Å². The largest absolute Gasteiger partial charge is 0.369 e. The van der Waals surface area contributed by atoms with Gasteiger partial charge in [0.2, 0.25) is 11.8 Å². The Morgan fingerprint density at radius 3 is 2.73 bits per heavy atom. The molecular formula is C15H22N4O2S. The molecule has 3 N–H and O–H groups in total. The molecule has 1 aliphatic heterocycles. The third-order valence-corrected chi connectivity index (χ3v) is 4.43. The van der Waals surface area contributed by atoms with Gasteiger partial charge >= 0.3 is 0 Å². The molecule has 0 bridgehead atoms. The highest BCUT2D eigenvalue weighted by molar-refractivity contribution is 7.99. The van der Waals surface area contributed by atoms with Crippen LogP contribution in [0.25, 0.3) is 0 Å². The highest BCUT2D eigenvalue weighted by atomic mass is 32.2. The zero-order valence-electron chi connectivity index (χ0n) is 12.6. The molecule has 0 atom stereocenters. The molecule has 2 heterocycles. The monoisotopic (exact) mass is 322 g/mol. The predicted molar refractivity (Wildman–Crippen MR) is 88.7 cm³/mol. The van der Waals surface area contributed by atoms with Gasteiger partial charge in [-0.2, -0.15) is 11.8 Å². The van der Waals surface area contributed by atoms with Gasteiger partial charge in [-0.1, -0.05) is 6.07 Å². The minimum atomic E-state index is -0.352. The second kappa shape index (κ2) is 8.63. The van der Waals surface area contributed by atoms with Crippen molar-refractivity contribution >= 4 is 29.4 Å². The highest BCUT2D eigenvalue weighted by Crippen LogP contribution is 2.17. The first kappa shape index (κ1) is 16.6. The molecule has 0 radical (unpaired) electrons. The van der Waals surface area contributed by atoms with Crippen molar-refractivity contribution in [3.63, 3.8) is 0 Å². The molecule has 0 unspecified atom stereocenters. The van der Waals surface area contributed by atoms with E-state index in [1.165, 1.54) is 24.6 Å². The van der Waals surface area contributed by atoms with E-state index in [1.807, 2.05) is 18.3 Å². The summed E-state index contributed by atoms with van der Waals surface area (Å²) in [5.41, 5.74) is 6.02. The molecule has 120 valence electrons. The minimum Gasteiger partial charge on any atom is -0.369 e. The number of nitrogens with two attached hydrogens (primary N) is 1. The smallest absolute Gasteiger partial charge is 0.227 e. The van der Waals surface area contributed by atoms with Crippen LogP contribution in [0.1, 0.15) is 24.8 Å². The number of primary amides is 1. The maximum atomic E-state index is 11.7. The van der Waals surface area contributed by atoms with E-state index in [1.54, 1.807) is 0 Å². The van der Waals surface area contributed by atoms with E-state index in [0.717, 1.165) is 24.5 Å². The summed E-state index contributed by atoms with van der Waals surface area (Å²) in [6.45, 7) is 2.63. The molecule has 22 heavy (non-hydrogen) atoms. The summed E-state index contributed by atoms with van der Waals surface area (Å²) in [4.78, 5) is 29.0. The first-order valence-corrected chi connectivity index (χ1v) is 8.63. The second-order valence-corrected chi connectivity index (χ2v) is 6.37. The Balaban J connectivity index is 1.67. The van der Waals surface area contributed by atoms with Crippen LogP contribution in [0.5, 0.6) is 0 Å². The van der Waals surface area contributed by atoms with Crippen molar-refractivity contribution in [2.24, 2.45) is 5.73 Å². The number of aromatic nitrogens is 1. The zero-order chi connectivity index (χ0) is 15.8. The molecule has 1 saturated heterocycles. The fraction of sp³-hybridized carbons (Fsp3) is 0.533. The Morgan fingerprint density at radius 2 is 2.09 bits per heavy atom. The second-order valence-electron chi connectivity index (χ2n) is 5.26. The number of pyridine rings is 1. The third kappa shape index (κ3) is 5.55.